The van der Waals surface area contributed by atoms with E-state index in [-0.39, 0.29) is 10.8 Å². The lowest BCUT2D eigenvalue weighted by molar-refractivity contribution is 0.213. The summed E-state index contributed by atoms with van der Waals surface area (Å²) < 4.78 is 0. The Morgan fingerprint density at radius 1 is 0.882 bits per heavy atom. The third-order valence-corrected chi connectivity index (χ3v) is 8.52. The molecule has 0 spiro atoms. The molecule has 1 fully saturated rings. The van der Waals surface area contributed by atoms with Crippen LogP contribution in [0.15, 0.2) is 36.4 Å². The first-order valence-electron chi connectivity index (χ1n) is 13.8. The van der Waals surface area contributed by atoms with Gasteiger partial charge in [0.15, 0.2) is 0 Å². The Morgan fingerprint density at radius 3 is 2.41 bits per heavy atom. The van der Waals surface area contributed by atoms with Crippen molar-refractivity contribution in [3.63, 3.8) is 0 Å². The number of aliphatic hydroxyl groups is 1. The average molecular weight is 463 g/mol. The number of benzene rings is 1. The van der Waals surface area contributed by atoms with E-state index < -0.39 is 0 Å². The number of hydrogen-bond acceptors (Lipinski definition) is 3. The van der Waals surface area contributed by atoms with Crippen molar-refractivity contribution in [1.82, 2.24) is 9.88 Å². The Balaban J connectivity index is 1.55. The van der Waals surface area contributed by atoms with Gasteiger partial charge >= 0.3 is 0 Å². The van der Waals surface area contributed by atoms with Crippen LogP contribution in [0.2, 0.25) is 0 Å². The van der Waals surface area contributed by atoms with E-state index in [9.17, 15) is 5.11 Å². The summed E-state index contributed by atoms with van der Waals surface area (Å²) in [7, 11) is 0. The van der Waals surface area contributed by atoms with E-state index in [4.69, 9.17) is 4.98 Å². The van der Waals surface area contributed by atoms with Crippen LogP contribution in [0.4, 0.5) is 0 Å². The SMILES string of the molecule is CC1(C)CCC(C)(C)c2cc(-c3cccc(C4CCCCCN(CCCO)CCC4)n3)ccc21. The van der Waals surface area contributed by atoms with Gasteiger partial charge < -0.3 is 10.0 Å². The fourth-order valence-corrected chi connectivity index (χ4v) is 6.12. The predicted molar refractivity (Wildman–Crippen MR) is 144 cm³/mol. The highest BCUT2D eigenvalue weighted by Gasteiger charge is 2.37. The van der Waals surface area contributed by atoms with Crippen molar-refractivity contribution in [2.24, 2.45) is 0 Å². The predicted octanol–water partition coefficient (Wildman–Crippen LogP) is 7.22. The molecule has 0 radical (unpaired) electrons. The molecule has 1 atom stereocenters. The van der Waals surface area contributed by atoms with Crippen molar-refractivity contribution in [1.29, 1.82) is 0 Å². The quantitative estimate of drug-likeness (QED) is 0.509. The Hall–Kier alpha value is -1.71. The van der Waals surface area contributed by atoms with Crippen molar-refractivity contribution in [2.75, 3.05) is 26.2 Å². The first kappa shape index (κ1) is 25.4. The van der Waals surface area contributed by atoms with Gasteiger partial charge in [-0.2, -0.15) is 0 Å². The molecule has 3 nitrogen and oxygen atoms in total. The van der Waals surface area contributed by atoms with Crippen LogP contribution >= 0.6 is 0 Å². The van der Waals surface area contributed by atoms with Crippen molar-refractivity contribution >= 4 is 0 Å². The van der Waals surface area contributed by atoms with E-state index in [2.05, 4.69) is 69.0 Å². The van der Waals surface area contributed by atoms with Crippen molar-refractivity contribution < 1.29 is 5.11 Å². The first-order valence-corrected chi connectivity index (χ1v) is 13.8. The van der Waals surface area contributed by atoms with Gasteiger partial charge in [-0.3, -0.25) is 4.98 Å². The second-order valence-electron chi connectivity index (χ2n) is 12.1. The zero-order valence-corrected chi connectivity index (χ0v) is 22.1. The van der Waals surface area contributed by atoms with E-state index in [1.807, 2.05) is 0 Å². The van der Waals surface area contributed by atoms with Crippen LogP contribution in [0.5, 0.6) is 0 Å². The molecular weight excluding hydrogens is 416 g/mol. The molecule has 186 valence electrons. The van der Waals surface area contributed by atoms with E-state index in [0.29, 0.717) is 12.5 Å². The smallest absolute Gasteiger partial charge is 0.0705 e. The monoisotopic (exact) mass is 462 g/mol. The Kier molecular flexibility index (Phi) is 8.15. The van der Waals surface area contributed by atoms with Gasteiger partial charge in [0.25, 0.3) is 0 Å². The van der Waals surface area contributed by atoms with Crippen LogP contribution in [0.3, 0.4) is 0 Å². The second kappa shape index (κ2) is 10.9. The molecule has 2 aliphatic rings. The average Bonchev–Trinajstić information content (AvgIpc) is 2.84. The molecule has 0 amide bonds. The number of aliphatic hydroxyl groups excluding tert-OH is 1. The summed E-state index contributed by atoms with van der Waals surface area (Å²) in [5.74, 6) is 0.547. The highest BCUT2D eigenvalue weighted by Crippen LogP contribution is 2.46. The van der Waals surface area contributed by atoms with E-state index in [1.54, 1.807) is 0 Å². The van der Waals surface area contributed by atoms with Crippen LogP contribution in [0, 0.1) is 0 Å². The summed E-state index contributed by atoms with van der Waals surface area (Å²) in [4.78, 5) is 7.80. The minimum atomic E-state index is 0.219. The van der Waals surface area contributed by atoms with Gasteiger partial charge in [-0.15, -0.1) is 0 Å². The summed E-state index contributed by atoms with van der Waals surface area (Å²) in [6.45, 7) is 13.2. The largest absolute Gasteiger partial charge is 0.396 e. The molecule has 0 saturated carbocycles. The third-order valence-electron chi connectivity index (χ3n) is 8.52. The van der Waals surface area contributed by atoms with Gasteiger partial charge in [-0.25, -0.2) is 0 Å². The minimum Gasteiger partial charge on any atom is -0.396 e. The molecule has 3 heteroatoms. The number of aromatic nitrogens is 1. The van der Waals surface area contributed by atoms with Gasteiger partial charge in [-0.1, -0.05) is 58.7 Å². The zero-order valence-electron chi connectivity index (χ0n) is 22.1. The number of nitrogens with zero attached hydrogens (tertiary/aromatic N) is 2. The van der Waals surface area contributed by atoms with E-state index >= 15 is 0 Å². The lowest BCUT2D eigenvalue weighted by atomic mass is 9.63. The fourth-order valence-electron chi connectivity index (χ4n) is 6.12. The Bertz CT molecular complexity index is 948. The molecule has 1 aromatic carbocycles. The van der Waals surface area contributed by atoms with Crippen LogP contribution in [0.1, 0.15) is 108 Å². The molecule has 1 saturated heterocycles. The topological polar surface area (TPSA) is 36.4 Å². The van der Waals surface area contributed by atoms with Crippen LogP contribution in [-0.2, 0) is 10.8 Å². The first-order chi connectivity index (χ1) is 16.3. The maximum absolute atomic E-state index is 9.22. The molecule has 1 unspecified atom stereocenters. The van der Waals surface area contributed by atoms with Crippen LogP contribution in [-0.4, -0.2) is 41.2 Å². The number of pyridine rings is 1. The summed E-state index contributed by atoms with van der Waals surface area (Å²) in [6, 6.07) is 13.8. The maximum Gasteiger partial charge on any atom is 0.0705 e. The highest BCUT2D eigenvalue weighted by atomic mass is 16.3. The van der Waals surface area contributed by atoms with Crippen LogP contribution in [0.25, 0.3) is 11.3 Å². The lowest BCUT2D eigenvalue weighted by Gasteiger charge is -2.42. The Labute approximate surface area is 208 Å². The molecule has 2 heterocycles. The van der Waals surface area contributed by atoms with Gasteiger partial charge in [0.05, 0.1) is 5.69 Å². The van der Waals surface area contributed by atoms with Gasteiger partial charge in [-0.05, 0) is 98.2 Å². The second-order valence-corrected chi connectivity index (χ2v) is 12.1. The summed E-state index contributed by atoms with van der Waals surface area (Å²) in [5.41, 5.74) is 7.16. The molecule has 1 aliphatic heterocycles. The molecule has 34 heavy (non-hydrogen) atoms. The van der Waals surface area contributed by atoms with E-state index in [1.165, 1.54) is 80.3 Å². The molecule has 1 N–H and O–H groups in total. The Morgan fingerprint density at radius 2 is 1.62 bits per heavy atom. The van der Waals surface area contributed by atoms with Gasteiger partial charge in [0, 0.05) is 30.3 Å². The standard InChI is InChI=1S/C31H46N2O/c1-30(2)17-18-31(3,4)27-23-25(15-16-26(27)30)29-14-8-13-28(32-29)24-11-6-5-7-19-33(20-9-12-24)21-10-22-34/h8,13-16,23-24,34H,5-7,9-12,17-22H2,1-4H3. The highest BCUT2D eigenvalue weighted by molar-refractivity contribution is 5.63. The molecular formula is C31H46N2O. The number of fused-ring (bicyclic) bond motifs is 1. The maximum atomic E-state index is 9.22. The van der Waals surface area contributed by atoms with Gasteiger partial charge in [0.1, 0.15) is 0 Å². The zero-order chi connectivity index (χ0) is 24.2. The third kappa shape index (κ3) is 5.91. The van der Waals surface area contributed by atoms with Crippen molar-refractivity contribution in [2.45, 2.75) is 102 Å². The fraction of sp³-hybridized carbons (Fsp3) is 0.645. The normalized spacial score (nSPS) is 23.3. The number of hydrogen-bond donors (Lipinski definition) is 1. The minimum absolute atomic E-state index is 0.219. The summed E-state index contributed by atoms with van der Waals surface area (Å²) in [6.07, 6.45) is 10.9. The molecule has 4 rings (SSSR count). The summed E-state index contributed by atoms with van der Waals surface area (Å²) >= 11 is 0. The number of rotatable bonds is 5. The van der Waals surface area contributed by atoms with Gasteiger partial charge in [0.2, 0.25) is 0 Å². The van der Waals surface area contributed by atoms with E-state index in [0.717, 1.165) is 25.2 Å². The molecule has 1 aromatic heterocycles. The molecule has 0 bridgehead atoms. The molecule has 1 aliphatic carbocycles. The summed E-state index contributed by atoms with van der Waals surface area (Å²) in [5, 5.41) is 9.22. The van der Waals surface area contributed by atoms with Crippen LogP contribution < -0.4 is 0 Å². The van der Waals surface area contributed by atoms with Crippen molar-refractivity contribution in [3.05, 3.63) is 53.2 Å². The molecule has 2 aromatic rings. The van der Waals surface area contributed by atoms with Crippen molar-refractivity contribution in [3.8, 4) is 11.3 Å². The lowest BCUT2D eigenvalue weighted by Crippen LogP contribution is -2.33.